The maximum Gasteiger partial charge on any atom is 0.248 e. The minimum Gasteiger partial charge on any atom is -0.493 e. The first kappa shape index (κ1) is 12.5. The largest absolute Gasteiger partial charge is 0.493 e. The van der Waals surface area contributed by atoms with E-state index in [1.54, 1.807) is 6.07 Å². The summed E-state index contributed by atoms with van der Waals surface area (Å²) in [6.45, 7) is 2.57. The molecule has 0 amide bonds. The van der Waals surface area contributed by atoms with Crippen LogP contribution in [0.25, 0.3) is 22.0 Å². The predicted molar refractivity (Wildman–Crippen MR) is 81.2 cm³/mol. The summed E-state index contributed by atoms with van der Waals surface area (Å²) < 4.78 is 5.74. The van der Waals surface area contributed by atoms with Crippen molar-refractivity contribution in [3.05, 3.63) is 65.0 Å². The van der Waals surface area contributed by atoms with E-state index < -0.39 is 0 Å². The first-order valence-corrected chi connectivity index (χ1v) is 6.64. The summed E-state index contributed by atoms with van der Waals surface area (Å²) in [7, 11) is 0. The van der Waals surface area contributed by atoms with Crippen LogP contribution in [0.15, 0.2) is 59.4 Å². The highest BCUT2D eigenvalue weighted by Crippen LogP contribution is 2.35. The van der Waals surface area contributed by atoms with E-state index in [9.17, 15) is 4.79 Å². The molecule has 0 unspecified atom stereocenters. The van der Waals surface area contributed by atoms with E-state index in [0.29, 0.717) is 6.61 Å². The van der Waals surface area contributed by atoms with E-state index in [2.05, 4.69) is 4.98 Å². The Balaban J connectivity index is 2.35. The summed E-state index contributed by atoms with van der Waals surface area (Å²) in [5, 5.41) is 0.988. The van der Waals surface area contributed by atoms with Gasteiger partial charge in [0, 0.05) is 22.5 Å². The quantitative estimate of drug-likeness (QED) is 0.786. The van der Waals surface area contributed by atoms with Gasteiger partial charge in [-0.3, -0.25) is 4.79 Å². The van der Waals surface area contributed by atoms with Crippen LogP contribution in [-0.2, 0) is 0 Å². The van der Waals surface area contributed by atoms with E-state index >= 15 is 0 Å². The number of nitrogens with one attached hydrogen (secondary N) is 1. The molecule has 3 nitrogen and oxygen atoms in total. The molecule has 3 aromatic rings. The van der Waals surface area contributed by atoms with Crippen LogP contribution in [-0.4, -0.2) is 11.6 Å². The van der Waals surface area contributed by atoms with Crippen LogP contribution in [0.1, 0.15) is 6.92 Å². The normalized spacial score (nSPS) is 10.7. The number of aromatic nitrogens is 1. The van der Waals surface area contributed by atoms with Crippen molar-refractivity contribution in [1.82, 2.24) is 4.98 Å². The standard InChI is InChI=1S/C17H15NO2/c1-2-20-15-10-9-14-13(8-11-16(19)18-14)17(15)12-6-4-3-5-7-12/h3-11H,2H2,1H3,(H,18,19). The number of pyridine rings is 1. The monoisotopic (exact) mass is 265 g/mol. The second kappa shape index (κ2) is 5.21. The SMILES string of the molecule is CCOc1ccc2[nH]c(=O)ccc2c1-c1ccccc1. The van der Waals surface area contributed by atoms with Gasteiger partial charge < -0.3 is 9.72 Å². The maximum atomic E-state index is 11.5. The minimum atomic E-state index is -0.0966. The number of H-pyrrole nitrogens is 1. The van der Waals surface area contributed by atoms with Crippen LogP contribution in [0.2, 0.25) is 0 Å². The predicted octanol–water partition coefficient (Wildman–Crippen LogP) is 3.59. The van der Waals surface area contributed by atoms with Crippen LogP contribution in [0.5, 0.6) is 5.75 Å². The molecule has 1 N–H and O–H groups in total. The van der Waals surface area contributed by atoms with E-state index in [0.717, 1.165) is 27.8 Å². The number of hydrogen-bond acceptors (Lipinski definition) is 2. The Hall–Kier alpha value is -2.55. The highest BCUT2D eigenvalue weighted by Gasteiger charge is 2.11. The van der Waals surface area contributed by atoms with Gasteiger partial charge in [-0.1, -0.05) is 30.3 Å². The lowest BCUT2D eigenvalue weighted by Gasteiger charge is -2.13. The molecule has 0 aliphatic carbocycles. The summed E-state index contributed by atoms with van der Waals surface area (Å²) in [6, 6.07) is 17.2. The lowest BCUT2D eigenvalue weighted by molar-refractivity contribution is 0.342. The summed E-state index contributed by atoms with van der Waals surface area (Å²) in [6.07, 6.45) is 0. The molecule has 0 saturated carbocycles. The van der Waals surface area contributed by atoms with Crippen LogP contribution >= 0.6 is 0 Å². The molecule has 2 aromatic carbocycles. The molecule has 0 radical (unpaired) electrons. The third kappa shape index (κ3) is 2.18. The van der Waals surface area contributed by atoms with Gasteiger partial charge in [0.25, 0.3) is 0 Å². The van der Waals surface area contributed by atoms with Crippen molar-refractivity contribution in [3.63, 3.8) is 0 Å². The van der Waals surface area contributed by atoms with Gasteiger partial charge in [-0.2, -0.15) is 0 Å². The van der Waals surface area contributed by atoms with Crippen LogP contribution in [0.3, 0.4) is 0 Å². The van der Waals surface area contributed by atoms with Gasteiger partial charge in [-0.15, -0.1) is 0 Å². The van der Waals surface area contributed by atoms with E-state index in [-0.39, 0.29) is 5.56 Å². The Labute approximate surface area is 116 Å². The molecule has 0 atom stereocenters. The van der Waals surface area contributed by atoms with E-state index in [1.807, 2.05) is 55.5 Å². The van der Waals surface area contributed by atoms with Gasteiger partial charge in [-0.25, -0.2) is 0 Å². The molecule has 0 aliphatic heterocycles. The molecule has 0 fully saturated rings. The van der Waals surface area contributed by atoms with Crippen LogP contribution in [0, 0.1) is 0 Å². The van der Waals surface area contributed by atoms with Gasteiger partial charge in [0.15, 0.2) is 0 Å². The number of hydrogen-bond donors (Lipinski definition) is 1. The second-order valence-electron chi connectivity index (χ2n) is 4.52. The molecule has 1 aromatic heterocycles. The third-order valence-corrected chi connectivity index (χ3v) is 3.23. The molecule has 3 rings (SSSR count). The van der Waals surface area contributed by atoms with Gasteiger partial charge in [0.2, 0.25) is 5.56 Å². The average Bonchev–Trinajstić information content (AvgIpc) is 2.48. The lowest BCUT2D eigenvalue weighted by atomic mass is 9.99. The number of aromatic amines is 1. The maximum absolute atomic E-state index is 11.5. The molecule has 1 heterocycles. The fourth-order valence-electron chi connectivity index (χ4n) is 2.39. The number of rotatable bonds is 3. The van der Waals surface area contributed by atoms with E-state index in [1.165, 1.54) is 0 Å². The molecule has 0 aliphatic rings. The number of benzene rings is 2. The lowest BCUT2D eigenvalue weighted by Crippen LogP contribution is -2.03. The Morgan fingerprint density at radius 2 is 1.80 bits per heavy atom. The van der Waals surface area contributed by atoms with Crippen molar-refractivity contribution in [2.75, 3.05) is 6.61 Å². The summed E-state index contributed by atoms with van der Waals surface area (Å²) in [4.78, 5) is 14.3. The summed E-state index contributed by atoms with van der Waals surface area (Å²) >= 11 is 0. The smallest absolute Gasteiger partial charge is 0.248 e. The molecule has 3 heteroatoms. The van der Waals surface area contributed by atoms with Crippen LogP contribution in [0.4, 0.5) is 0 Å². The van der Waals surface area contributed by atoms with Gasteiger partial charge in [0.1, 0.15) is 5.75 Å². The highest BCUT2D eigenvalue weighted by atomic mass is 16.5. The molecular formula is C17H15NO2. The summed E-state index contributed by atoms with van der Waals surface area (Å²) in [5.74, 6) is 0.832. The first-order chi connectivity index (χ1) is 9.79. The Morgan fingerprint density at radius 1 is 1.00 bits per heavy atom. The molecular weight excluding hydrogens is 250 g/mol. The molecule has 0 saturated heterocycles. The first-order valence-electron chi connectivity index (χ1n) is 6.64. The zero-order valence-corrected chi connectivity index (χ0v) is 11.2. The number of ether oxygens (including phenoxy) is 1. The van der Waals surface area contributed by atoms with Gasteiger partial charge >= 0.3 is 0 Å². The zero-order valence-electron chi connectivity index (χ0n) is 11.2. The van der Waals surface area contributed by atoms with Crippen molar-refractivity contribution in [2.24, 2.45) is 0 Å². The van der Waals surface area contributed by atoms with E-state index in [4.69, 9.17) is 4.74 Å². The van der Waals surface area contributed by atoms with Crippen molar-refractivity contribution in [2.45, 2.75) is 6.92 Å². The van der Waals surface area contributed by atoms with Crippen molar-refractivity contribution in [1.29, 1.82) is 0 Å². The minimum absolute atomic E-state index is 0.0966. The summed E-state index contributed by atoms with van der Waals surface area (Å²) in [5.41, 5.74) is 2.82. The van der Waals surface area contributed by atoms with Crippen molar-refractivity contribution in [3.8, 4) is 16.9 Å². The Bertz CT molecular complexity index is 791. The van der Waals surface area contributed by atoms with Gasteiger partial charge in [0.05, 0.1) is 6.61 Å². The molecule has 0 bridgehead atoms. The topological polar surface area (TPSA) is 42.1 Å². The zero-order chi connectivity index (χ0) is 13.9. The van der Waals surface area contributed by atoms with Crippen LogP contribution < -0.4 is 10.3 Å². The Kier molecular flexibility index (Phi) is 3.25. The van der Waals surface area contributed by atoms with Crippen molar-refractivity contribution < 1.29 is 4.74 Å². The molecule has 20 heavy (non-hydrogen) atoms. The van der Waals surface area contributed by atoms with Gasteiger partial charge in [-0.05, 0) is 30.7 Å². The molecule has 100 valence electrons. The van der Waals surface area contributed by atoms with Crippen molar-refractivity contribution >= 4 is 10.9 Å². The second-order valence-corrected chi connectivity index (χ2v) is 4.52. The molecule has 0 spiro atoms. The highest BCUT2D eigenvalue weighted by molar-refractivity contribution is 5.97. The fraction of sp³-hybridized carbons (Fsp3) is 0.118. The number of fused-ring (bicyclic) bond motifs is 1. The fourth-order valence-corrected chi connectivity index (χ4v) is 2.39. The third-order valence-electron chi connectivity index (χ3n) is 3.23. The average molecular weight is 265 g/mol. The Morgan fingerprint density at radius 3 is 2.55 bits per heavy atom.